The summed E-state index contributed by atoms with van der Waals surface area (Å²) in [5.41, 5.74) is 3.08. The first kappa shape index (κ1) is 23.3. The van der Waals surface area contributed by atoms with Crippen LogP contribution in [0.1, 0.15) is 132 Å². The first-order valence-electron chi connectivity index (χ1n) is 12.9. The van der Waals surface area contributed by atoms with Gasteiger partial charge in [-0.15, -0.1) is 0 Å². The largest absolute Gasteiger partial charge is 0.744 e. The highest BCUT2D eigenvalue weighted by Crippen LogP contribution is 2.46. The second kappa shape index (κ2) is 9.55. The molecule has 0 aliphatic heterocycles. The monoisotopic (exact) mass is 445 g/mol. The molecule has 0 amide bonds. The zero-order valence-corrected chi connectivity index (χ0v) is 20.6. The number of hydrogen-bond acceptors (Lipinski definition) is 3. The number of hydrogen-bond donors (Lipinski definition) is 0. The minimum Gasteiger partial charge on any atom is -0.744 e. The second-order valence-corrected chi connectivity index (χ2v) is 12.7. The molecule has 0 aromatic heterocycles. The fourth-order valence-corrected chi connectivity index (χ4v) is 7.59. The van der Waals surface area contributed by atoms with Gasteiger partial charge in [-0.05, 0) is 90.7 Å². The maximum absolute atomic E-state index is 12.7. The molecule has 0 unspecified atom stereocenters. The van der Waals surface area contributed by atoms with E-state index in [-0.39, 0.29) is 16.7 Å². The Hall–Kier alpha value is -0.870. The van der Waals surface area contributed by atoms with Crippen LogP contribution in [-0.4, -0.2) is 13.0 Å². The maximum atomic E-state index is 12.7. The Morgan fingerprint density at radius 2 is 0.935 bits per heavy atom. The molecule has 1 aromatic rings. The van der Waals surface area contributed by atoms with Crippen LogP contribution in [0.3, 0.4) is 0 Å². The van der Waals surface area contributed by atoms with Gasteiger partial charge in [0, 0.05) is 0 Å². The minimum absolute atomic E-state index is 0.180. The van der Waals surface area contributed by atoms with Crippen molar-refractivity contribution in [3.63, 3.8) is 0 Å². The molecular formula is C27H41O3S-. The molecule has 4 heteroatoms. The summed E-state index contributed by atoms with van der Waals surface area (Å²) >= 11 is 0. The standard InChI is InChI=1S/C27H42O3S/c1-18-4-10-21(11-5-18)24-16-25(22-12-6-19(2)7-13-22)27(31(28,29)30)26(17-24)23-14-8-20(3)9-15-23/h16-23H,4-15H2,1-3H3,(H,28,29,30)/p-1. The van der Waals surface area contributed by atoms with E-state index < -0.39 is 10.1 Å². The van der Waals surface area contributed by atoms with Crippen LogP contribution in [0.2, 0.25) is 0 Å². The summed E-state index contributed by atoms with van der Waals surface area (Å²) < 4.78 is 38.0. The van der Waals surface area contributed by atoms with Crippen LogP contribution in [0.4, 0.5) is 0 Å². The molecule has 0 spiro atoms. The molecule has 0 radical (unpaired) electrons. The van der Waals surface area contributed by atoms with Crippen molar-refractivity contribution in [1.82, 2.24) is 0 Å². The number of rotatable bonds is 4. The van der Waals surface area contributed by atoms with Gasteiger partial charge in [0.05, 0.1) is 4.90 Å². The first-order chi connectivity index (χ1) is 14.7. The summed E-state index contributed by atoms with van der Waals surface area (Å²) in [6.45, 7) is 6.91. The van der Waals surface area contributed by atoms with Crippen molar-refractivity contribution in [2.45, 2.75) is 120 Å². The van der Waals surface area contributed by atoms with Crippen molar-refractivity contribution in [2.24, 2.45) is 17.8 Å². The van der Waals surface area contributed by atoms with Crippen molar-refractivity contribution in [1.29, 1.82) is 0 Å². The van der Waals surface area contributed by atoms with E-state index in [4.69, 9.17) is 0 Å². The summed E-state index contributed by atoms with van der Waals surface area (Å²) in [6.07, 6.45) is 13.4. The molecule has 3 aliphatic rings. The molecular weight excluding hydrogens is 404 g/mol. The van der Waals surface area contributed by atoms with E-state index in [9.17, 15) is 13.0 Å². The molecule has 0 N–H and O–H groups in total. The molecule has 31 heavy (non-hydrogen) atoms. The van der Waals surface area contributed by atoms with E-state index >= 15 is 0 Å². The maximum Gasteiger partial charge on any atom is 0.124 e. The molecule has 3 aliphatic carbocycles. The Bertz CT molecular complexity index is 807. The van der Waals surface area contributed by atoms with Crippen LogP contribution in [-0.2, 0) is 10.1 Å². The smallest absolute Gasteiger partial charge is 0.124 e. The molecule has 4 rings (SSSR count). The van der Waals surface area contributed by atoms with E-state index in [2.05, 4.69) is 32.9 Å². The van der Waals surface area contributed by atoms with Gasteiger partial charge in [-0.3, -0.25) is 0 Å². The lowest BCUT2D eigenvalue weighted by Gasteiger charge is -2.35. The lowest BCUT2D eigenvalue weighted by molar-refractivity contribution is 0.332. The van der Waals surface area contributed by atoms with Crippen LogP contribution in [0, 0.1) is 17.8 Å². The molecule has 0 bridgehead atoms. The predicted molar refractivity (Wildman–Crippen MR) is 126 cm³/mol. The Labute approximate surface area is 190 Å². The highest BCUT2D eigenvalue weighted by atomic mass is 32.2. The SMILES string of the molecule is CC1CCC(c2cc(C3CCC(C)CC3)c(S(=O)(=O)[O-])c(C3CCC(C)CC3)c2)CC1. The zero-order chi connectivity index (χ0) is 22.2. The first-order valence-corrected chi connectivity index (χ1v) is 14.3. The van der Waals surface area contributed by atoms with Crippen LogP contribution in [0.5, 0.6) is 0 Å². The van der Waals surface area contributed by atoms with Gasteiger partial charge in [0.25, 0.3) is 0 Å². The van der Waals surface area contributed by atoms with E-state index in [1.165, 1.54) is 31.2 Å². The summed E-state index contributed by atoms with van der Waals surface area (Å²) in [7, 11) is -4.50. The van der Waals surface area contributed by atoms with E-state index in [1.807, 2.05) is 0 Å². The van der Waals surface area contributed by atoms with Crippen molar-refractivity contribution in [2.75, 3.05) is 0 Å². The third-order valence-corrected chi connectivity index (χ3v) is 9.79. The van der Waals surface area contributed by atoms with Crippen LogP contribution >= 0.6 is 0 Å². The van der Waals surface area contributed by atoms with Crippen LogP contribution in [0.15, 0.2) is 17.0 Å². The van der Waals surface area contributed by atoms with Crippen molar-refractivity contribution in [3.8, 4) is 0 Å². The van der Waals surface area contributed by atoms with Crippen molar-refractivity contribution < 1.29 is 13.0 Å². The Morgan fingerprint density at radius 3 is 1.26 bits per heavy atom. The van der Waals surface area contributed by atoms with Gasteiger partial charge in [-0.2, -0.15) is 0 Å². The number of benzene rings is 1. The molecule has 1 aromatic carbocycles. The zero-order valence-electron chi connectivity index (χ0n) is 19.7. The molecule has 0 atom stereocenters. The predicted octanol–water partition coefficient (Wildman–Crippen LogP) is 7.47. The third-order valence-electron chi connectivity index (χ3n) is 8.82. The topological polar surface area (TPSA) is 57.2 Å². The molecule has 3 fully saturated rings. The fraction of sp³-hybridized carbons (Fsp3) is 0.778. The van der Waals surface area contributed by atoms with Crippen LogP contribution in [0.25, 0.3) is 0 Å². The molecule has 3 saturated carbocycles. The van der Waals surface area contributed by atoms with Gasteiger partial charge in [0.1, 0.15) is 10.1 Å². The van der Waals surface area contributed by atoms with E-state index in [0.29, 0.717) is 17.8 Å². The fourth-order valence-electron chi connectivity index (χ4n) is 6.56. The summed E-state index contributed by atoms with van der Waals surface area (Å²) in [5, 5.41) is 0. The second-order valence-electron chi connectivity index (χ2n) is 11.4. The highest BCUT2D eigenvalue weighted by molar-refractivity contribution is 7.85. The van der Waals surface area contributed by atoms with Gasteiger partial charge < -0.3 is 4.55 Å². The van der Waals surface area contributed by atoms with E-state index in [1.54, 1.807) is 0 Å². The highest BCUT2D eigenvalue weighted by Gasteiger charge is 2.32. The van der Waals surface area contributed by atoms with Gasteiger partial charge in [-0.1, -0.05) is 71.4 Å². The lowest BCUT2D eigenvalue weighted by atomic mass is 9.73. The Kier molecular flexibility index (Phi) is 7.18. The van der Waals surface area contributed by atoms with Gasteiger partial charge in [0.2, 0.25) is 0 Å². The average Bonchev–Trinajstić information content (AvgIpc) is 2.74. The summed E-state index contributed by atoms with van der Waals surface area (Å²) in [4.78, 5) is 0.180. The van der Waals surface area contributed by atoms with Crippen molar-refractivity contribution >= 4 is 10.1 Å². The van der Waals surface area contributed by atoms with Gasteiger partial charge in [-0.25, -0.2) is 8.42 Å². The lowest BCUT2D eigenvalue weighted by Crippen LogP contribution is -2.20. The Balaban J connectivity index is 1.80. The van der Waals surface area contributed by atoms with Crippen molar-refractivity contribution in [3.05, 3.63) is 28.8 Å². The molecule has 174 valence electrons. The molecule has 3 nitrogen and oxygen atoms in total. The van der Waals surface area contributed by atoms with Crippen LogP contribution < -0.4 is 0 Å². The third kappa shape index (κ3) is 5.38. The molecule has 0 saturated heterocycles. The molecule has 0 heterocycles. The normalized spacial score (nSPS) is 35.1. The van der Waals surface area contributed by atoms with Gasteiger partial charge >= 0.3 is 0 Å². The summed E-state index contributed by atoms with van der Waals surface area (Å²) in [5.74, 6) is 3.15. The quantitative estimate of drug-likeness (QED) is 0.452. The van der Waals surface area contributed by atoms with Gasteiger partial charge in [0.15, 0.2) is 0 Å². The Morgan fingerprint density at radius 1 is 0.613 bits per heavy atom. The minimum atomic E-state index is -4.50. The average molecular weight is 446 g/mol. The summed E-state index contributed by atoms with van der Waals surface area (Å²) in [6, 6.07) is 4.34. The van der Waals surface area contributed by atoms with E-state index in [0.717, 1.165) is 68.4 Å².